The molecule has 0 saturated carbocycles. The molecule has 5 aromatic heterocycles. The Labute approximate surface area is 424 Å². The van der Waals surface area contributed by atoms with E-state index in [4.69, 9.17) is 53.2 Å². The Hall–Kier alpha value is -4.62. The van der Waals surface area contributed by atoms with Crippen LogP contribution in [-0.2, 0) is 75.2 Å². The first-order chi connectivity index (χ1) is 35.8. The number of methoxy groups -OCH3 is 2. The molecule has 0 aliphatic carbocycles. The van der Waals surface area contributed by atoms with Crippen LogP contribution in [0.4, 0.5) is 11.8 Å². The van der Waals surface area contributed by atoms with Crippen LogP contribution < -0.4 is 32.8 Å². The van der Waals surface area contributed by atoms with Crippen molar-refractivity contribution in [3.63, 3.8) is 0 Å². The Morgan fingerprint density at radius 3 is 2.09 bits per heavy atom. The molecule has 3 saturated heterocycles. The van der Waals surface area contributed by atoms with E-state index in [1.807, 2.05) is 4.98 Å². The van der Waals surface area contributed by atoms with Crippen molar-refractivity contribution in [2.75, 3.05) is 52.1 Å². The van der Waals surface area contributed by atoms with Gasteiger partial charge < -0.3 is 70.0 Å². The lowest BCUT2D eigenvalue weighted by Gasteiger charge is -2.26. The zero-order chi connectivity index (χ0) is 55.2. The van der Waals surface area contributed by atoms with Gasteiger partial charge in [-0.3, -0.25) is 51.4 Å². The number of rotatable bonds is 23. The second kappa shape index (κ2) is 22.6. The zero-order valence-corrected chi connectivity index (χ0v) is 43.1. The number of anilines is 2. The number of hydrogen-bond acceptors (Lipinski definition) is 27. The Bertz CT molecular complexity index is 3300. The highest BCUT2D eigenvalue weighted by Gasteiger charge is 2.54. The van der Waals surface area contributed by atoms with Crippen LogP contribution in [-0.4, -0.2) is 168 Å². The molecule has 4 unspecified atom stereocenters. The van der Waals surface area contributed by atoms with Crippen molar-refractivity contribution < 1.29 is 108 Å². The number of nitrogens with one attached hydrogen (secondary N) is 2. The number of imidazole rings is 2. The molecular formula is C35H51N12O25P4+. The molecule has 3 fully saturated rings. The molecule has 3 aliphatic rings. The summed E-state index contributed by atoms with van der Waals surface area (Å²) < 4.78 is 115. The summed E-state index contributed by atoms with van der Waals surface area (Å²) in [5.41, 5.74) is 9.46. The van der Waals surface area contributed by atoms with Gasteiger partial charge in [0, 0.05) is 39.0 Å². The topological polar surface area (TPSA) is 516 Å². The van der Waals surface area contributed by atoms with Crippen molar-refractivity contribution in [2.24, 2.45) is 5.92 Å². The first-order valence-electron chi connectivity index (χ1n) is 22.2. The lowest BCUT2D eigenvalue weighted by atomic mass is 9.95. The number of ether oxygens (including phenoxy) is 5. The van der Waals surface area contributed by atoms with E-state index in [9.17, 15) is 67.5 Å². The van der Waals surface area contributed by atoms with Crippen molar-refractivity contribution in [1.82, 2.24) is 43.6 Å². The maximum atomic E-state index is 13.6. The van der Waals surface area contributed by atoms with Gasteiger partial charge in [-0.2, -0.15) is 8.62 Å². The normalized spacial score (nSPS) is 30.1. The molecule has 16 atom stereocenters. The van der Waals surface area contributed by atoms with Gasteiger partial charge in [-0.15, -0.1) is 0 Å². The lowest BCUT2D eigenvalue weighted by molar-refractivity contribution is -0.746. The van der Waals surface area contributed by atoms with Gasteiger partial charge in [0.15, 0.2) is 30.2 Å². The lowest BCUT2D eigenvalue weighted by Crippen LogP contribution is -2.45. The summed E-state index contributed by atoms with van der Waals surface area (Å²) in [6.45, 7) is -1.17. The number of aromatic nitrogens is 10. The van der Waals surface area contributed by atoms with E-state index < -0.39 is 141 Å². The van der Waals surface area contributed by atoms with Crippen molar-refractivity contribution in [2.45, 2.75) is 87.4 Å². The molecule has 8 rings (SSSR count). The summed E-state index contributed by atoms with van der Waals surface area (Å²) >= 11 is 0. The number of phosphoric ester groups is 3. The number of phosphoric acid groups is 4. The van der Waals surface area contributed by atoms with E-state index >= 15 is 0 Å². The largest absolute Gasteiger partial charge is 0.490 e. The minimum Gasteiger partial charge on any atom is -0.387 e. The van der Waals surface area contributed by atoms with Gasteiger partial charge >= 0.3 is 42.6 Å². The van der Waals surface area contributed by atoms with Crippen LogP contribution in [0.5, 0.6) is 0 Å². The zero-order valence-electron chi connectivity index (χ0n) is 39.6. The molecule has 0 aromatic carbocycles. The van der Waals surface area contributed by atoms with Gasteiger partial charge in [0.05, 0.1) is 38.8 Å². The van der Waals surface area contributed by atoms with Gasteiger partial charge in [-0.05, 0) is 13.3 Å². The fourth-order valence-electron chi connectivity index (χ4n) is 8.63. The quantitative estimate of drug-likeness (QED) is 0.0228. The van der Waals surface area contributed by atoms with Crippen molar-refractivity contribution >= 4 is 65.4 Å². The van der Waals surface area contributed by atoms with Crippen LogP contribution in [0.3, 0.4) is 0 Å². The molecule has 0 radical (unpaired) electrons. The molecular weight excluding hydrogens is 1110 g/mol. The Balaban J connectivity index is 0.944. The SMILES string of the molecule is CCn1c[n+]([C@@H]2O[C@H](COP(=O)(O)OP(=O)(O)OP(=O)(O)OC[C@H]3O[C@@H](n4cnc5c(N)ncnc54)[C@H](OC)[C@@H]3OP(=O)(O)OC[C@H]3O[C@@H](n4ccc(=O)[nH]c4=O)[C@H](O)[C@@H]3O)[C@@H](CCOC)[C@H]2O)c2nc(N)[nH]c(=O)c21. The van der Waals surface area contributed by atoms with Gasteiger partial charge in [-0.1, -0.05) is 4.98 Å². The number of nitrogens with zero attached hydrogens (tertiary/aromatic N) is 8. The first kappa shape index (κ1) is 57.6. The average molecular weight is 1160 g/mol. The smallest absolute Gasteiger partial charge is 0.387 e. The fraction of sp³-hybridized carbons (Fsp3) is 0.600. The second-order valence-corrected chi connectivity index (χ2v) is 22.9. The minimum atomic E-state index is -6.18. The van der Waals surface area contributed by atoms with E-state index in [1.165, 1.54) is 27.1 Å². The van der Waals surface area contributed by atoms with Crippen LogP contribution in [0.2, 0.25) is 0 Å². The molecule has 0 spiro atoms. The molecule has 0 amide bonds. The number of aliphatic hydroxyl groups is 3. The minimum absolute atomic E-state index is 0.00964. The highest BCUT2D eigenvalue weighted by atomic mass is 31.3. The van der Waals surface area contributed by atoms with Crippen LogP contribution >= 0.6 is 31.3 Å². The maximum Gasteiger partial charge on any atom is 0.490 e. The Morgan fingerprint density at radius 2 is 1.43 bits per heavy atom. The Morgan fingerprint density at radius 1 is 0.776 bits per heavy atom. The van der Waals surface area contributed by atoms with Crippen LogP contribution in [0.15, 0.2) is 45.6 Å². The van der Waals surface area contributed by atoms with Gasteiger partial charge in [0.2, 0.25) is 11.7 Å². The predicted octanol–water partition coefficient (Wildman–Crippen LogP) is -3.10. The molecule has 13 N–H and O–H groups in total. The molecule has 5 aromatic rings. The van der Waals surface area contributed by atoms with Crippen molar-refractivity contribution in [3.05, 3.63) is 62.4 Å². The molecule has 37 nitrogen and oxygen atoms in total. The molecule has 0 bridgehead atoms. The average Bonchev–Trinajstić information content (AvgIpc) is 4.14. The first-order valence-corrected chi connectivity index (χ1v) is 28.2. The predicted molar refractivity (Wildman–Crippen MR) is 246 cm³/mol. The maximum absolute atomic E-state index is 13.6. The van der Waals surface area contributed by atoms with E-state index in [0.29, 0.717) is 0 Å². The third kappa shape index (κ3) is 12.3. The van der Waals surface area contributed by atoms with Crippen molar-refractivity contribution in [1.29, 1.82) is 0 Å². The number of nitrogen functional groups attached to an aromatic ring is 2. The van der Waals surface area contributed by atoms with E-state index in [1.54, 1.807) is 6.92 Å². The molecule has 8 heterocycles. The third-order valence-electron chi connectivity index (χ3n) is 12.0. The summed E-state index contributed by atoms with van der Waals surface area (Å²) in [4.78, 5) is 100.0. The summed E-state index contributed by atoms with van der Waals surface area (Å²) in [5.74, 6) is -1.28. The second-order valence-electron chi connectivity index (χ2n) is 16.8. The number of H-pyrrole nitrogens is 2. The van der Waals surface area contributed by atoms with E-state index in [0.717, 1.165) is 36.6 Å². The fourth-order valence-corrected chi connectivity index (χ4v) is 13.1. The van der Waals surface area contributed by atoms with Crippen LogP contribution in [0.25, 0.3) is 22.3 Å². The summed E-state index contributed by atoms with van der Waals surface area (Å²) in [6, 6.07) is 0.927. The number of fused-ring (bicyclic) bond motifs is 2. The van der Waals surface area contributed by atoms with Crippen LogP contribution in [0, 0.1) is 5.92 Å². The molecule has 3 aliphatic heterocycles. The number of hydrogen-bond donors (Lipinski definition) is 11. The highest BCUT2D eigenvalue weighted by Crippen LogP contribution is 2.68. The number of aryl methyl sites for hydroxylation is 1. The van der Waals surface area contributed by atoms with Gasteiger partial charge in [0.1, 0.15) is 54.6 Å². The number of nitrogens with two attached hydrogens (primary N) is 2. The van der Waals surface area contributed by atoms with Gasteiger partial charge in [-0.25, -0.2) is 42.6 Å². The van der Waals surface area contributed by atoms with E-state index in [-0.39, 0.29) is 53.7 Å². The molecule has 420 valence electrons. The summed E-state index contributed by atoms with van der Waals surface area (Å²) in [6.07, 6.45) is -13.0. The summed E-state index contributed by atoms with van der Waals surface area (Å²) in [7, 11) is -20.9. The third-order valence-corrected chi connectivity index (χ3v) is 17.3. The standard InChI is InChI=1S/C35H50N12O25P4/c1-4-44-14-47(29-21(44)30(52)43-34(37)42-29)31-22(49)15(6-8-62-2)16(67-31)9-65-74(56,57)71-76(60,61)72-75(58,59)66-11-18-25(26(63-3)33(69-18)46-13-40-20-27(36)38-12-39-28(20)46)70-73(54,55)64-10-17-23(50)24(51)32(68-17)45-7-5-19(48)41-35(45)53/h5,7,12-18,22-26,31-33,49-51H,4,6,8-11H2,1-3H3,(H9-,36,37,38,39,41,42,43,48,52,53,54,55,56,57,58,59,60,61)/p+1/t15-,16-,17-,18-,22-,23-,24-,25-,26-,31-,32-,33-/m1/s1. The Kier molecular flexibility index (Phi) is 17.1. The van der Waals surface area contributed by atoms with Crippen LogP contribution in [0.1, 0.15) is 32.0 Å². The van der Waals surface area contributed by atoms with E-state index in [2.05, 4.69) is 33.5 Å². The van der Waals surface area contributed by atoms with Gasteiger partial charge in [0.25, 0.3) is 17.1 Å². The monoisotopic (exact) mass is 1160 g/mol. The molecule has 41 heteroatoms. The number of aromatic amines is 2. The molecule has 76 heavy (non-hydrogen) atoms. The highest BCUT2D eigenvalue weighted by molar-refractivity contribution is 7.66. The summed E-state index contributed by atoms with van der Waals surface area (Å²) in [5, 5.41) is 32.7. The number of aliphatic hydroxyl groups excluding tert-OH is 3. The van der Waals surface area contributed by atoms with Crippen molar-refractivity contribution in [3.8, 4) is 0 Å².